The van der Waals surface area contributed by atoms with Crippen molar-refractivity contribution in [3.63, 3.8) is 0 Å². The van der Waals surface area contributed by atoms with Crippen LogP contribution >= 0.6 is 0 Å². The number of benzene rings is 1. The van der Waals surface area contributed by atoms with E-state index >= 15 is 0 Å². The molecule has 11 heteroatoms. The third-order valence-electron chi connectivity index (χ3n) is 7.00. The normalized spacial score (nSPS) is 26.4. The van der Waals surface area contributed by atoms with Crippen LogP contribution in [-0.4, -0.2) is 46.9 Å². The number of aromatic nitrogens is 3. The van der Waals surface area contributed by atoms with E-state index in [9.17, 15) is 13.5 Å². The van der Waals surface area contributed by atoms with Gasteiger partial charge in [-0.25, -0.2) is 15.1 Å². The highest BCUT2D eigenvalue weighted by molar-refractivity contribution is 7.84. The van der Waals surface area contributed by atoms with Crippen LogP contribution in [0.3, 0.4) is 0 Å². The number of aliphatic hydroxyl groups is 1. The molecular formula is C24H29N5O5S. The quantitative estimate of drug-likeness (QED) is 0.402. The van der Waals surface area contributed by atoms with Crippen LogP contribution < -0.4 is 10.5 Å². The lowest BCUT2D eigenvalue weighted by Gasteiger charge is -2.34. The Morgan fingerprint density at radius 1 is 1.26 bits per heavy atom. The first-order chi connectivity index (χ1) is 16.8. The molecule has 0 radical (unpaired) electrons. The third kappa shape index (κ3) is 4.90. The van der Waals surface area contributed by atoms with Gasteiger partial charge in [-0.1, -0.05) is 30.8 Å². The number of hydrogen-bond donors (Lipinski definition) is 3. The first-order valence-electron chi connectivity index (χ1n) is 11.6. The molecule has 0 amide bonds. The predicted molar refractivity (Wildman–Crippen MR) is 131 cm³/mol. The van der Waals surface area contributed by atoms with E-state index in [1.807, 2.05) is 29.0 Å². The fourth-order valence-corrected chi connectivity index (χ4v) is 5.73. The molecule has 5 rings (SSSR count). The summed E-state index contributed by atoms with van der Waals surface area (Å²) in [6.45, 7) is 3.59. The molecule has 0 aliphatic heterocycles. The summed E-state index contributed by atoms with van der Waals surface area (Å²) in [5.74, 6) is 0.353. The van der Waals surface area contributed by atoms with Gasteiger partial charge in [0.05, 0.1) is 30.4 Å². The Kier molecular flexibility index (Phi) is 6.49. The predicted octanol–water partition coefficient (Wildman–Crippen LogP) is 2.59. The van der Waals surface area contributed by atoms with E-state index in [2.05, 4.69) is 34.0 Å². The molecule has 4 N–H and O–H groups in total. The molecule has 10 nitrogen and oxygen atoms in total. The van der Waals surface area contributed by atoms with E-state index in [4.69, 9.17) is 14.1 Å². The summed E-state index contributed by atoms with van der Waals surface area (Å²) >= 11 is 0. The van der Waals surface area contributed by atoms with Crippen LogP contribution in [0.1, 0.15) is 42.5 Å². The van der Waals surface area contributed by atoms with Gasteiger partial charge in [0.1, 0.15) is 23.9 Å². The van der Waals surface area contributed by atoms with Crippen LogP contribution in [-0.2, 0) is 25.6 Å². The number of nitrogens with two attached hydrogens (primary N) is 1. The lowest BCUT2D eigenvalue weighted by Crippen LogP contribution is -2.32. The van der Waals surface area contributed by atoms with Crippen LogP contribution in [0.25, 0.3) is 11.0 Å². The van der Waals surface area contributed by atoms with Crippen molar-refractivity contribution in [1.82, 2.24) is 14.5 Å². The Balaban J connectivity index is 1.41. The average molecular weight is 500 g/mol. The van der Waals surface area contributed by atoms with Crippen LogP contribution in [0.2, 0.25) is 0 Å². The number of ether oxygens (including phenoxy) is 1. The Bertz CT molecular complexity index is 1330. The monoisotopic (exact) mass is 499 g/mol. The molecule has 0 unspecified atom stereocenters. The van der Waals surface area contributed by atoms with Gasteiger partial charge < -0.3 is 19.7 Å². The average Bonchev–Trinajstić information content (AvgIpc) is 3.42. The van der Waals surface area contributed by atoms with Crippen LogP contribution in [0, 0.1) is 5.92 Å². The maximum Gasteiger partial charge on any atom is 0.333 e. The smallest absolute Gasteiger partial charge is 0.333 e. The highest BCUT2D eigenvalue weighted by Gasteiger charge is 2.36. The second-order valence-electron chi connectivity index (χ2n) is 9.11. The summed E-state index contributed by atoms with van der Waals surface area (Å²) in [6, 6.07) is 10.1. The van der Waals surface area contributed by atoms with E-state index in [1.54, 1.807) is 0 Å². The van der Waals surface area contributed by atoms with Crippen LogP contribution in [0.4, 0.5) is 5.82 Å². The minimum absolute atomic E-state index is 0.0633. The Morgan fingerprint density at radius 3 is 2.89 bits per heavy atom. The highest BCUT2D eigenvalue weighted by atomic mass is 32.2. The maximum absolute atomic E-state index is 11.2. The lowest BCUT2D eigenvalue weighted by molar-refractivity contribution is 0.100. The van der Waals surface area contributed by atoms with Gasteiger partial charge in [0.25, 0.3) is 0 Å². The van der Waals surface area contributed by atoms with Crippen molar-refractivity contribution in [1.29, 1.82) is 0 Å². The van der Waals surface area contributed by atoms with Gasteiger partial charge in [-0.2, -0.15) is 8.42 Å². The number of nitrogens with one attached hydrogen (secondary N) is 1. The van der Waals surface area contributed by atoms with Gasteiger partial charge in [-0.3, -0.25) is 4.18 Å². The molecule has 0 spiro atoms. The number of anilines is 1. The number of aryl methyl sites for hydroxylation is 1. The standard InChI is InChI=1S/C24H29N5O5S/c1-2-33-21-8-7-15-5-3-4-6-18(15)22(21)28-23-19-9-10-29(24(19)27-14-26-23)17-11-16(20(30)12-17)13-34-35(25,31)32/h2-6,9-10,14,16-17,20-22,30H,1,7-8,11-13H2,(H2,25,31,32)(H,26,27,28)/t16-,17+,20-,21-,22+/m0/s1. The number of nitrogens with zero attached hydrogens (tertiary/aromatic N) is 3. The minimum atomic E-state index is -4.05. The second kappa shape index (κ2) is 9.57. The molecule has 3 aromatic rings. The molecule has 1 saturated carbocycles. The Hall–Kier alpha value is -2.99. The zero-order chi connectivity index (χ0) is 24.6. The van der Waals surface area contributed by atoms with Gasteiger partial charge in [-0.05, 0) is 42.9 Å². The van der Waals surface area contributed by atoms with Crippen molar-refractivity contribution >= 4 is 27.2 Å². The summed E-state index contributed by atoms with van der Waals surface area (Å²) < 4.78 is 34.9. The first-order valence-corrected chi connectivity index (χ1v) is 13.1. The number of aliphatic hydroxyl groups excluding tert-OH is 1. The molecule has 35 heavy (non-hydrogen) atoms. The van der Waals surface area contributed by atoms with Gasteiger partial charge >= 0.3 is 10.3 Å². The largest absolute Gasteiger partial charge is 0.496 e. The zero-order valence-corrected chi connectivity index (χ0v) is 20.0. The fourth-order valence-electron chi connectivity index (χ4n) is 5.36. The molecule has 186 valence electrons. The molecule has 5 atom stereocenters. The SMILES string of the molecule is C=CO[C@H]1CCc2ccccc2[C@H]1Nc1ncnc2c1ccn2[C@@H]1C[C@@H](COS(N)(=O)=O)[C@@H](O)C1. The molecule has 0 bridgehead atoms. The van der Waals surface area contributed by atoms with Gasteiger partial charge in [0.2, 0.25) is 0 Å². The minimum Gasteiger partial charge on any atom is -0.496 e. The summed E-state index contributed by atoms with van der Waals surface area (Å²) in [6.07, 6.45) is 6.94. The summed E-state index contributed by atoms with van der Waals surface area (Å²) in [4.78, 5) is 9.04. The van der Waals surface area contributed by atoms with Crippen molar-refractivity contribution < 1.29 is 22.4 Å². The van der Waals surface area contributed by atoms with Crippen molar-refractivity contribution in [2.24, 2.45) is 11.1 Å². The fraction of sp³-hybridized carbons (Fsp3) is 0.417. The zero-order valence-electron chi connectivity index (χ0n) is 19.2. The van der Waals surface area contributed by atoms with E-state index in [0.717, 1.165) is 23.9 Å². The summed E-state index contributed by atoms with van der Waals surface area (Å²) in [7, 11) is -4.05. The number of fused-ring (bicyclic) bond motifs is 2. The van der Waals surface area contributed by atoms with Crippen LogP contribution in [0.15, 0.2) is 55.7 Å². The summed E-state index contributed by atoms with van der Waals surface area (Å²) in [5.41, 5.74) is 3.19. The van der Waals surface area contributed by atoms with E-state index < -0.39 is 16.4 Å². The second-order valence-corrected chi connectivity index (χ2v) is 10.3. The van der Waals surface area contributed by atoms with Gasteiger partial charge in [0.15, 0.2) is 0 Å². The topological polar surface area (TPSA) is 142 Å². The first kappa shape index (κ1) is 23.7. The molecule has 0 saturated heterocycles. The van der Waals surface area contributed by atoms with Gasteiger partial charge in [-0.15, -0.1) is 0 Å². The maximum atomic E-state index is 11.2. The Labute approximate surface area is 204 Å². The molecule has 2 aliphatic rings. The molecule has 1 fully saturated rings. The van der Waals surface area contributed by atoms with Crippen molar-refractivity contribution in [2.45, 2.75) is 50.0 Å². The van der Waals surface area contributed by atoms with E-state index in [-0.39, 0.29) is 30.7 Å². The Morgan fingerprint density at radius 2 is 2.09 bits per heavy atom. The van der Waals surface area contributed by atoms with E-state index in [0.29, 0.717) is 18.7 Å². The number of rotatable bonds is 8. The third-order valence-corrected chi connectivity index (χ3v) is 7.47. The van der Waals surface area contributed by atoms with Crippen molar-refractivity contribution in [3.05, 3.63) is 66.8 Å². The van der Waals surface area contributed by atoms with Crippen LogP contribution in [0.5, 0.6) is 0 Å². The molecular weight excluding hydrogens is 470 g/mol. The lowest BCUT2D eigenvalue weighted by atomic mass is 9.85. The van der Waals surface area contributed by atoms with E-state index in [1.165, 1.54) is 23.7 Å². The van der Waals surface area contributed by atoms with Crippen molar-refractivity contribution in [3.8, 4) is 0 Å². The van der Waals surface area contributed by atoms with Gasteiger partial charge in [0, 0.05) is 18.2 Å². The molecule has 2 aliphatic carbocycles. The highest BCUT2D eigenvalue weighted by Crippen LogP contribution is 2.39. The molecule has 1 aromatic carbocycles. The summed E-state index contributed by atoms with van der Waals surface area (Å²) in [5, 5.41) is 19.9. The van der Waals surface area contributed by atoms with Crippen molar-refractivity contribution in [2.75, 3.05) is 11.9 Å². The molecule has 2 aromatic heterocycles. The molecule has 2 heterocycles. The number of hydrogen-bond acceptors (Lipinski definition) is 8.